The SMILES string of the molecule is CC(NC(=O)c1cccc(Br)c1F)c1ccc(F)cc1. The normalized spacial score (nSPS) is 12.0. The van der Waals surface area contributed by atoms with Gasteiger partial charge in [0.15, 0.2) is 0 Å². The molecule has 1 unspecified atom stereocenters. The number of hydrogen-bond acceptors (Lipinski definition) is 1. The average molecular weight is 340 g/mol. The Bertz CT molecular complexity index is 628. The highest BCUT2D eigenvalue weighted by molar-refractivity contribution is 9.10. The zero-order valence-electron chi connectivity index (χ0n) is 10.7. The number of nitrogens with one attached hydrogen (secondary N) is 1. The predicted octanol–water partition coefficient (Wildman–Crippen LogP) is 4.22. The fourth-order valence-electron chi connectivity index (χ4n) is 1.79. The van der Waals surface area contributed by atoms with Crippen molar-refractivity contribution in [1.29, 1.82) is 0 Å². The van der Waals surface area contributed by atoms with Gasteiger partial charge in [-0.15, -0.1) is 0 Å². The van der Waals surface area contributed by atoms with Gasteiger partial charge >= 0.3 is 0 Å². The molecule has 0 fully saturated rings. The lowest BCUT2D eigenvalue weighted by Crippen LogP contribution is -2.27. The van der Waals surface area contributed by atoms with Crippen LogP contribution in [0.2, 0.25) is 0 Å². The van der Waals surface area contributed by atoms with E-state index in [0.717, 1.165) is 5.56 Å². The molecule has 0 aliphatic rings. The van der Waals surface area contributed by atoms with E-state index in [2.05, 4.69) is 21.2 Å². The fraction of sp³-hybridized carbons (Fsp3) is 0.133. The van der Waals surface area contributed by atoms with Crippen LogP contribution in [0.1, 0.15) is 28.9 Å². The first-order valence-electron chi connectivity index (χ1n) is 5.99. The summed E-state index contributed by atoms with van der Waals surface area (Å²) < 4.78 is 26.9. The lowest BCUT2D eigenvalue weighted by Gasteiger charge is -2.15. The van der Waals surface area contributed by atoms with Crippen molar-refractivity contribution >= 4 is 21.8 Å². The lowest BCUT2D eigenvalue weighted by molar-refractivity contribution is 0.0935. The molecular weight excluding hydrogens is 328 g/mol. The minimum atomic E-state index is -0.601. The maximum Gasteiger partial charge on any atom is 0.254 e. The van der Waals surface area contributed by atoms with Crippen LogP contribution in [-0.4, -0.2) is 5.91 Å². The van der Waals surface area contributed by atoms with Crippen molar-refractivity contribution in [2.24, 2.45) is 0 Å². The van der Waals surface area contributed by atoms with Crippen LogP contribution in [0.4, 0.5) is 8.78 Å². The molecule has 1 amide bonds. The Labute approximate surface area is 123 Å². The van der Waals surface area contributed by atoms with Gasteiger partial charge in [-0.3, -0.25) is 4.79 Å². The summed E-state index contributed by atoms with van der Waals surface area (Å²) in [5.74, 6) is -1.46. The molecule has 2 nitrogen and oxygen atoms in total. The first kappa shape index (κ1) is 14.7. The van der Waals surface area contributed by atoms with E-state index in [4.69, 9.17) is 0 Å². The Hall–Kier alpha value is -1.75. The topological polar surface area (TPSA) is 29.1 Å². The first-order chi connectivity index (χ1) is 9.49. The Kier molecular flexibility index (Phi) is 4.49. The Morgan fingerprint density at radius 1 is 1.15 bits per heavy atom. The molecule has 2 aromatic carbocycles. The molecule has 104 valence electrons. The third kappa shape index (κ3) is 3.22. The van der Waals surface area contributed by atoms with E-state index in [0.29, 0.717) is 0 Å². The Morgan fingerprint density at radius 3 is 2.45 bits per heavy atom. The zero-order valence-corrected chi connectivity index (χ0v) is 12.2. The second-order valence-corrected chi connectivity index (χ2v) is 5.20. The van der Waals surface area contributed by atoms with Gasteiger partial charge < -0.3 is 5.32 Å². The third-order valence-corrected chi connectivity index (χ3v) is 3.53. The number of amides is 1. The van der Waals surface area contributed by atoms with Crippen molar-refractivity contribution in [3.05, 3.63) is 69.7 Å². The van der Waals surface area contributed by atoms with Gasteiger partial charge in [0, 0.05) is 0 Å². The van der Waals surface area contributed by atoms with Gasteiger partial charge in [-0.1, -0.05) is 18.2 Å². The zero-order chi connectivity index (χ0) is 14.7. The van der Waals surface area contributed by atoms with Crippen molar-refractivity contribution in [2.45, 2.75) is 13.0 Å². The maximum absolute atomic E-state index is 13.8. The highest BCUT2D eigenvalue weighted by Crippen LogP contribution is 2.20. The molecule has 0 aliphatic carbocycles. The van der Waals surface area contributed by atoms with Crippen LogP contribution in [0, 0.1) is 11.6 Å². The maximum atomic E-state index is 13.8. The summed E-state index contributed by atoms with van der Waals surface area (Å²) in [4.78, 5) is 12.0. The van der Waals surface area contributed by atoms with Gasteiger partial charge in [0.25, 0.3) is 5.91 Å². The minimum Gasteiger partial charge on any atom is -0.345 e. The standard InChI is InChI=1S/C15H12BrF2NO/c1-9(10-5-7-11(17)8-6-10)19-15(20)12-3-2-4-13(16)14(12)18/h2-9H,1H3,(H,19,20). The number of carbonyl (C=O) groups excluding carboxylic acids is 1. The van der Waals surface area contributed by atoms with Crippen LogP contribution in [0.5, 0.6) is 0 Å². The quantitative estimate of drug-likeness (QED) is 0.891. The average Bonchev–Trinajstić information content (AvgIpc) is 2.42. The summed E-state index contributed by atoms with van der Waals surface area (Å²) in [7, 11) is 0. The van der Waals surface area contributed by atoms with Crippen molar-refractivity contribution in [1.82, 2.24) is 5.32 Å². The van der Waals surface area contributed by atoms with Gasteiger partial charge in [-0.05, 0) is 52.7 Å². The molecule has 2 aromatic rings. The molecule has 0 saturated carbocycles. The van der Waals surface area contributed by atoms with Crippen LogP contribution >= 0.6 is 15.9 Å². The Morgan fingerprint density at radius 2 is 1.80 bits per heavy atom. The summed E-state index contributed by atoms with van der Waals surface area (Å²) in [5.41, 5.74) is 0.712. The summed E-state index contributed by atoms with van der Waals surface area (Å²) in [5, 5.41) is 2.68. The van der Waals surface area contributed by atoms with Gasteiger partial charge in [-0.2, -0.15) is 0 Å². The summed E-state index contributed by atoms with van der Waals surface area (Å²) in [6.07, 6.45) is 0. The fourth-order valence-corrected chi connectivity index (χ4v) is 2.15. The summed E-state index contributed by atoms with van der Waals surface area (Å²) in [6, 6.07) is 9.97. The third-order valence-electron chi connectivity index (χ3n) is 2.91. The van der Waals surface area contributed by atoms with Crippen molar-refractivity contribution in [2.75, 3.05) is 0 Å². The molecule has 2 rings (SSSR count). The van der Waals surface area contributed by atoms with E-state index in [1.165, 1.54) is 24.3 Å². The number of rotatable bonds is 3. The van der Waals surface area contributed by atoms with Crippen molar-refractivity contribution < 1.29 is 13.6 Å². The highest BCUT2D eigenvalue weighted by Gasteiger charge is 2.16. The monoisotopic (exact) mass is 339 g/mol. The second-order valence-electron chi connectivity index (χ2n) is 4.35. The molecule has 0 spiro atoms. The molecule has 0 aliphatic heterocycles. The van der Waals surface area contributed by atoms with E-state index in [1.807, 2.05) is 0 Å². The molecule has 1 atom stereocenters. The number of hydrogen-bond donors (Lipinski definition) is 1. The number of carbonyl (C=O) groups is 1. The van der Waals surface area contributed by atoms with Crippen molar-refractivity contribution in [3.63, 3.8) is 0 Å². The molecule has 0 radical (unpaired) electrons. The second kappa shape index (κ2) is 6.13. The van der Waals surface area contributed by atoms with Crippen LogP contribution in [-0.2, 0) is 0 Å². The minimum absolute atomic E-state index is 0.0339. The Balaban J connectivity index is 2.15. The largest absolute Gasteiger partial charge is 0.345 e. The van der Waals surface area contributed by atoms with Gasteiger partial charge in [0.05, 0.1) is 16.1 Å². The van der Waals surface area contributed by atoms with Crippen LogP contribution in [0.25, 0.3) is 0 Å². The highest BCUT2D eigenvalue weighted by atomic mass is 79.9. The van der Waals surface area contributed by atoms with E-state index < -0.39 is 11.7 Å². The van der Waals surface area contributed by atoms with Gasteiger partial charge in [0.1, 0.15) is 11.6 Å². The summed E-state index contributed by atoms with van der Waals surface area (Å²) >= 11 is 3.04. The van der Waals surface area contributed by atoms with E-state index in [1.54, 1.807) is 25.1 Å². The molecule has 5 heteroatoms. The number of benzene rings is 2. The van der Waals surface area contributed by atoms with Crippen LogP contribution in [0.3, 0.4) is 0 Å². The molecule has 0 bridgehead atoms. The summed E-state index contributed by atoms with van der Waals surface area (Å²) in [6.45, 7) is 1.75. The van der Waals surface area contributed by atoms with E-state index in [-0.39, 0.29) is 21.9 Å². The molecule has 20 heavy (non-hydrogen) atoms. The molecule has 0 heterocycles. The molecule has 0 aromatic heterocycles. The van der Waals surface area contributed by atoms with Gasteiger partial charge in [-0.25, -0.2) is 8.78 Å². The van der Waals surface area contributed by atoms with E-state index >= 15 is 0 Å². The lowest BCUT2D eigenvalue weighted by atomic mass is 10.1. The number of halogens is 3. The van der Waals surface area contributed by atoms with E-state index in [9.17, 15) is 13.6 Å². The van der Waals surface area contributed by atoms with Crippen LogP contribution < -0.4 is 5.32 Å². The molecular formula is C15H12BrF2NO. The van der Waals surface area contributed by atoms with Crippen molar-refractivity contribution in [3.8, 4) is 0 Å². The molecule has 1 N–H and O–H groups in total. The van der Waals surface area contributed by atoms with Gasteiger partial charge in [0.2, 0.25) is 0 Å². The predicted molar refractivity (Wildman–Crippen MR) is 76.4 cm³/mol. The molecule has 0 saturated heterocycles. The van der Waals surface area contributed by atoms with Crippen LogP contribution in [0.15, 0.2) is 46.9 Å². The first-order valence-corrected chi connectivity index (χ1v) is 6.78. The smallest absolute Gasteiger partial charge is 0.254 e.